The number of hydrogen-bond donors (Lipinski definition) is 1. The minimum Gasteiger partial charge on any atom is -0.460 e. The Kier molecular flexibility index (Phi) is 6.38. The van der Waals surface area contributed by atoms with Crippen LogP contribution >= 0.6 is 8.30 Å². The lowest BCUT2D eigenvalue weighted by Crippen LogP contribution is -2.32. The molecule has 2 aromatic carbocycles. The van der Waals surface area contributed by atoms with Crippen molar-refractivity contribution in [3.05, 3.63) is 66.2 Å². The van der Waals surface area contributed by atoms with E-state index in [1.165, 1.54) is 0 Å². The SMILES string of the molecule is C[C@H](NP(C)Oc1ccccc1)C(=O)OCc1ccccc1. The van der Waals surface area contributed by atoms with Gasteiger partial charge in [-0.3, -0.25) is 9.88 Å². The third kappa shape index (κ3) is 5.47. The van der Waals surface area contributed by atoms with E-state index in [1.807, 2.05) is 67.3 Å². The number of hydrogen-bond acceptors (Lipinski definition) is 4. The summed E-state index contributed by atoms with van der Waals surface area (Å²) in [6.45, 7) is 3.98. The van der Waals surface area contributed by atoms with Crippen molar-refractivity contribution in [2.75, 3.05) is 6.66 Å². The summed E-state index contributed by atoms with van der Waals surface area (Å²) < 4.78 is 11.0. The van der Waals surface area contributed by atoms with Crippen molar-refractivity contribution in [1.82, 2.24) is 5.09 Å². The number of ether oxygens (including phenoxy) is 1. The van der Waals surface area contributed by atoms with Crippen LogP contribution in [0.1, 0.15) is 12.5 Å². The van der Waals surface area contributed by atoms with E-state index in [0.717, 1.165) is 11.3 Å². The Labute approximate surface area is 132 Å². The van der Waals surface area contributed by atoms with Gasteiger partial charge in [-0.05, 0) is 24.6 Å². The molecule has 2 rings (SSSR count). The van der Waals surface area contributed by atoms with Gasteiger partial charge in [-0.1, -0.05) is 48.5 Å². The summed E-state index contributed by atoms with van der Waals surface area (Å²) in [5.74, 6) is 0.503. The summed E-state index contributed by atoms with van der Waals surface area (Å²) >= 11 is 0. The molecule has 0 amide bonds. The van der Waals surface area contributed by atoms with Crippen molar-refractivity contribution in [3.8, 4) is 5.75 Å². The zero-order chi connectivity index (χ0) is 15.8. The molecule has 0 aliphatic heterocycles. The third-order valence-corrected chi connectivity index (χ3v) is 4.17. The molecule has 0 aliphatic rings. The Morgan fingerprint density at radius 3 is 2.32 bits per heavy atom. The maximum atomic E-state index is 12.0. The first-order valence-electron chi connectivity index (χ1n) is 7.08. The van der Waals surface area contributed by atoms with Crippen LogP contribution < -0.4 is 9.61 Å². The molecule has 2 atom stereocenters. The molecule has 1 N–H and O–H groups in total. The normalized spacial score (nSPS) is 13.2. The summed E-state index contributed by atoms with van der Waals surface area (Å²) in [6.07, 6.45) is 0. The van der Waals surface area contributed by atoms with Crippen molar-refractivity contribution in [2.45, 2.75) is 19.6 Å². The van der Waals surface area contributed by atoms with Crippen LogP contribution in [0, 0.1) is 0 Å². The Bertz CT molecular complexity index is 577. The Morgan fingerprint density at radius 2 is 1.68 bits per heavy atom. The molecule has 116 valence electrons. The summed E-state index contributed by atoms with van der Waals surface area (Å²) in [4.78, 5) is 12.0. The van der Waals surface area contributed by atoms with Crippen molar-refractivity contribution in [2.24, 2.45) is 0 Å². The first-order valence-corrected chi connectivity index (χ1v) is 8.79. The molecule has 2 aromatic rings. The number of rotatable bonds is 7. The van der Waals surface area contributed by atoms with Crippen LogP contribution in [-0.2, 0) is 16.1 Å². The van der Waals surface area contributed by atoms with Crippen molar-refractivity contribution < 1.29 is 14.1 Å². The lowest BCUT2D eigenvalue weighted by atomic mass is 10.2. The number of carbonyl (C=O) groups excluding carboxylic acids is 1. The predicted molar refractivity (Wildman–Crippen MR) is 88.7 cm³/mol. The van der Waals surface area contributed by atoms with Crippen molar-refractivity contribution in [3.63, 3.8) is 0 Å². The van der Waals surface area contributed by atoms with Gasteiger partial charge in [0.25, 0.3) is 0 Å². The average molecular weight is 317 g/mol. The number of benzene rings is 2. The zero-order valence-corrected chi connectivity index (χ0v) is 13.6. The highest BCUT2D eigenvalue weighted by atomic mass is 31.2. The second-order valence-electron chi connectivity index (χ2n) is 4.85. The number of carbonyl (C=O) groups is 1. The molecular weight excluding hydrogens is 297 g/mol. The second kappa shape index (κ2) is 8.52. The lowest BCUT2D eigenvalue weighted by Gasteiger charge is -2.19. The Morgan fingerprint density at radius 1 is 1.09 bits per heavy atom. The third-order valence-electron chi connectivity index (χ3n) is 2.94. The van der Waals surface area contributed by atoms with Crippen LogP contribution in [0.3, 0.4) is 0 Å². The van der Waals surface area contributed by atoms with Crippen LogP contribution in [0.2, 0.25) is 0 Å². The summed E-state index contributed by atoms with van der Waals surface area (Å²) in [5.41, 5.74) is 0.974. The van der Waals surface area contributed by atoms with E-state index in [0.29, 0.717) is 0 Å². The van der Waals surface area contributed by atoms with Crippen LogP contribution in [0.25, 0.3) is 0 Å². The van der Waals surface area contributed by atoms with E-state index in [1.54, 1.807) is 6.92 Å². The molecule has 0 saturated carbocycles. The molecule has 0 spiro atoms. The highest BCUT2D eigenvalue weighted by Gasteiger charge is 2.18. The molecule has 22 heavy (non-hydrogen) atoms. The molecule has 0 heterocycles. The Hall–Kier alpha value is -1.90. The van der Waals surface area contributed by atoms with Crippen LogP contribution in [0.15, 0.2) is 60.7 Å². The summed E-state index contributed by atoms with van der Waals surface area (Å²) in [5, 5.41) is 3.13. The van der Waals surface area contributed by atoms with E-state index in [-0.39, 0.29) is 12.6 Å². The molecule has 1 unspecified atom stereocenters. The minimum absolute atomic E-state index is 0.283. The van der Waals surface area contributed by atoms with E-state index >= 15 is 0 Å². The first kappa shape index (κ1) is 16.5. The van der Waals surface area contributed by atoms with Gasteiger partial charge in [0.15, 0.2) is 8.30 Å². The van der Waals surface area contributed by atoms with Gasteiger partial charge in [0, 0.05) is 6.66 Å². The van der Waals surface area contributed by atoms with Gasteiger partial charge in [-0.2, -0.15) is 0 Å². The minimum atomic E-state index is -0.945. The highest BCUT2D eigenvalue weighted by Crippen LogP contribution is 2.30. The quantitative estimate of drug-likeness (QED) is 0.624. The molecule has 5 heteroatoms. The predicted octanol–water partition coefficient (Wildman–Crippen LogP) is 3.73. The topological polar surface area (TPSA) is 47.6 Å². The van der Waals surface area contributed by atoms with Gasteiger partial charge in [0.2, 0.25) is 0 Å². The molecule has 0 fully saturated rings. The van der Waals surface area contributed by atoms with Crippen LogP contribution in [-0.4, -0.2) is 18.7 Å². The molecule has 4 nitrogen and oxygen atoms in total. The largest absolute Gasteiger partial charge is 0.460 e. The fraction of sp³-hybridized carbons (Fsp3) is 0.235. The first-order chi connectivity index (χ1) is 10.6. The van der Waals surface area contributed by atoms with Crippen LogP contribution in [0.5, 0.6) is 5.75 Å². The maximum Gasteiger partial charge on any atom is 0.323 e. The average Bonchev–Trinajstić information content (AvgIpc) is 2.54. The smallest absolute Gasteiger partial charge is 0.323 e. The number of esters is 1. The molecule has 0 aliphatic carbocycles. The van der Waals surface area contributed by atoms with Gasteiger partial charge in [0.1, 0.15) is 18.4 Å². The van der Waals surface area contributed by atoms with Crippen LogP contribution in [0.4, 0.5) is 0 Å². The van der Waals surface area contributed by atoms with E-state index in [2.05, 4.69) is 5.09 Å². The van der Waals surface area contributed by atoms with Gasteiger partial charge < -0.3 is 9.26 Å². The summed E-state index contributed by atoms with van der Waals surface area (Å²) in [6, 6.07) is 18.7. The molecular formula is C17H20NO3P. The monoisotopic (exact) mass is 317 g/mol. The number of nitrogens with one attached hydrogen (secondary N) is 1. The Balaban J connectivity index is 1.76. The van der Waals surface area contributed by atoms with E-state index in [4.69, 9.17) is 9.26 Å². The van der Waals surface area contributed by atoms with Crippen molar-refractivity contribution >= 4 is 14.3 Å². The summed E-state index contributed by atoms with van der Waals surface area (Å²) in [7, 11) is -0.945. The molecule has 0 aromatic heterocycles. The second-order valence-corrected chi connectivity index (χ2v) is 6.28. The van der Waals surface area contributed by atoms with Gasteiger partial charge in [-0.25, -0.2) is 0 Å². The molecule has 0 radical (unpaired) electrons. The van der Waals surface area contributed by atoms with Gasteiger partial charge in [-0.15, -0.1) is 0 Å². The molecule has 0 bridgehead atoms. The van der Waals surface area contributed by atoms with Gasteiger partial charge in [0.05, 0.1) is 0 Å². The zero-order valence-electron chi connectivity index (χ0n) is 12.7. The standard InChI is InChI=1S/C17H20NO3P/c1-14(17(19)20-13-15-9-5-3-6-10-15)18-22(2)21-16-11-7-4-8-12-16/h3-12,14,18H,13H2,1-2H3/t14-,22?/m0/s1. The molecule has 0 saturated heterocycles. The van der Waals surface area contributed by atoms with Gasteiger partial charge >= 0.3 is 5.97 Å². The van der Waals surface area contributed by atoms with E-state index < -0.39 is 14.3 Å². The van der Waals surface area contributed by atoms with E-state index in [9.17, 15) is 4.79 Å². The maximum absolute atomic E-state index is 12.0. The van der Waals surface area contributed by atoms with Crippen molar-refractivity contribution in [1.29, 1.82) is 0 Å². The number of para-hydroxylation sites is 1. The highest BCUT2D eigenvalue weighted by molar-refractivity contribution is 7.49. The lowest BCUT2D eigenvalue weighted by molar-refractivity contribution is -0.146. The fourth-order valence-electron chi connectivity index (χ4n) is 1.84. The fourth-order valence-corrected chi connectivity index (χ4v) is 2.99.